The Hall–Kier alpha value is -2.15. The molecular formula is C11H15N3O4. The Bertz CT molecular complexity index is 462. The molecule has 0 fully saturated rings. The van der Waals surface area contributed by atoms with E-state index in [2.05, 4.69) is 5.32 Å². The molecule has 0 amide bonds. The van der Waals surface area contributed by atoms with Crippen LogP contribution in [0, 0.1) is 10.1 Å². The van der Waals surface area contributed by atoms with Crippen LogP contribution >= 0.6 is 0 Å². The maximum Gasteiger partial charge on any atom is 0.342 e. The SMILES string of the molecule is CNCCN(C)c1ccc([N+](=O)[O-])c(C(=O)O)c1. The van der Waals surface area contributed by atoms with Gasteiger partial charge in [0.2, 0.25) is 0 Å². The maximum atomic E-state index is 11.0. The Morgan fingerprint density at radius 2 is 2.22 bits per heavy atom. The molecule has 0 atom stereocenters. The zero-order valence-corrected chi connectivity index (χ0v) is 10.2. The summed E-state index contributed by atoms with van der Waals surface area (Å²) < 4.78 is 0. The van der Waals surface area contributed by atoms with Gasteiger partial charge in [0.15, 0.2) is 0 Å². The number of carboxylic acid groups (broad SMARTS) is 1. The molecule has 1 rings (SSSR count). The average Bonchev–Trinajstić information content (AvgIpc) is 2.34. The second-order valence-electron chi connectivity index (χ2n) is 3.79. The number of carboxylic acids is 1. The van der Waals surface area contributed by atoms with Crippen molar-refractivity contribution in [3.05, 3.63) is 33.9 Å². The van der Waals surface area contributed by atoms with E-state index in [9.17, 15) is 14.9 Å². The van der Waals surface area contributed by atoms with Crippen LogP contribution in [-0.4, -0.2) is 43.2 Å². The highest BCUT2D eigenvalue weighted by molar-refractivity contribution is 5.93. The van der Waals surface area contributed by atoms with E-state index in [0.717, 1.165) is 6.54 Å². The molecule has 98 valence electrons. The molecule has 1 aromatic rings. The van der Waals surface area contributed by atoms with Gasteiger partial charge in [-0.25, -0.2) is 4.79 Å². The number of nitrogens with one attached hydrogen (secondary N) is 1. The molecule has 18 heavy (non-hydrogen) atoms. The molecule has 0 heterocycles. The van der Waals surface area contributed by atoms with Gasteiger partial charge in [0, 0.05) is 31.9 Å². The topological polar surface area (TPSA) is 95.7 Å². The minimum Gasteiger partial charge on any atom is -0.477 e. The maximum absolute atomic E-state index is 11.0. The number of nitro groups is 1. The molecule has 0 bridgehead atoms. The monoisotopic (exact) mass is 253 g/mol. The first-order valence-corrected chi connectivity index (χ1v) is 5.35. The first-order chi connectivity index (χ1) is 8.47. The van der Waals surface area contributed by atoms with E-state index in [1.807, 2.05) is 11.9 Å². The van der Waals surface area contributed by atoms with Crippen molar-refractivity contribution in [2.24, 2.45) is 0 Å². The van der Waals surface area contributed by atoms with Crippen LogP contribution in [0.5, 0.6) is 0 Å². The highest BCUT2D eigenvalue weighted by Crippen LogP contribution is 2.24. The fourth-order valence-corrected chi connectivity index (χ4v) is 1.50. The fraction of sp³-hybridized carbons (Fsp3) is 0.364. The molecule has 0 aliphatic carbocycles. The van der Waals surface area contributed by atoms with Crippen LogP contribution in [-0.2, 0) is 0 Å². The van der Waals surface area contributed by atoms with Crippen LogP contribution < -0.4 is 10.2 Å². The summed E-state index contributed by atoms with van der Waals surface area (Å²) in [5.74, 6) is -1.30. The predicted octanol–water partition coefficient (Wildman–Crippen LogP) is 0.949. The first kappa shape index (κ1) is 13.9. The number of likely N-dealkylation sites (N-methyl/N-ethyl adjacent to an activating group) is 2. The molecule has 0 aliphatic rings. The number of rotatable bonds is 6. The number of anilines is 1. The predicted molar refractivity (Wildman–Crippen MR) is 67.3 cm³/mol. The minimum absolute atomic E-state index is 0.297. The number of hydrogen-bond donors (Lipinski definition) is 2. The van der Waals surface area contributed by atoms with Crippen molar-refractivity contribution in [1.29, 1.82) is 0 Å². The normalized spacial score (nSPS) is 10.1. The van der Waals surface area contributed by atoms with Gasteiger partial charge in [-0.05, 0) is 19.2 Å². The third kappa shape index (κ3) is 3.17. The van der Waals surface area contributed by atoms with E-state index in [4.69, 9.17) is 5.11 Å². The standard InChI is InChI=1S/C11H15N3O4/c1-12-5-6-13(2)8-3-4-10(14(17)18)9(7-8)11(15)16/h3-4,7,12H,5-6H2,1-2H3,(H,15,16). The smallest absolute Gasteiger partial charge is 0.342 e. The van der Waals surface area contributed by atoms with E-state index in [1.54, 1.807) is 13.1 Å². The molecule has 0 aliphatic heterocycles. The van der Waals surface area contributed by atoms with Crippen LogP contribution in [0.15, 0.2) is 18.2 Å². The highest BCUT2D eigenvalue weighted by atomic mass is 16.6. The van der Waals surface area contributed by atoms with Gasteiger partial charge in [-0.2, -0.15) is 0 Å². The second-order valence-corrected chi connectivity index (χ2v) is 3.79. The number of nitrogens with zero attached hydrogens (tertiary/aromatic N) is 2. The molecule has 0 aromatic heterocycles. The fourth-order valence-electron chi connectivity index (χ4n) is 1.50. The summed E-state index contributed by atoms with van der Waals surface area (Å²) in [5, 5.41) is 22.6. The number of hydrogen-bond acceptors (Lipinski definition) is 5. The van der Waals surface area contributed by atoms with Gasteiger partial charge in [-0.3, -0.25) is 10.1 Å². The summed E-state index contributed by atoms with van der Waals surface area (Å²) >= 11 is 0. The Labute approximate surface area is 104 Å². The molecule has 7 nitrogen and oxygen atoms in total. The van der Waals surface area contributed by atoms with E-state index in [0.29, 0.717) is 12.2 Å². The van der Waals surface area contributed by atoms with Gasteiger partial charge in [-0.15, -0.1) is 0 Å². The molecule has 0 spiro atoms. The highest BCUT2D eigenvalue weighted by Gasteiger charge is 2.20. The lowest BCUT2D eigenvalue weighted by Gasteiger charge is -2.19. The molecule has 0 saturated heterocycles. The molecular weight excluding hydrogens is 238 g/mol. The number of benzene rings is 1. The number of carbonyl (C=O) groups is 1. The van der Waals surface area contributed by atoms with Crippen LogP contribution in [0.25, 0.3) is 0 Å². The first-order valence-electron chi connectivity index (χ1n) is 5.35. The Balaban J connectivity index is 3.07. The van der Waals surface area contributed by atoms with Crippen LogP contribution in [0.4, 0.5) is 11.4 Å². The zero-order chi connectivity index (χ0) is 13.7. The van der Waals surface area contributed by atoms with Gasteiger partial charge in [0.1, 0.15) is 5.56 Å². The van der Waals surface area contributed by atoms with Crippen molar-refractivity contribution in [3.8, 4) is 0 Å². The molecule has 0 unspecified atom stereocenters. The molecule has 0 saturated carbocycles. The van der Waals surface area contributed by atoms with Gasteiger partial charge < -0.3 is 15.3 Å². The van der Waals surface area contributed by atoms with E-state index in [1.165, 1.54) is 12.1 Å². The largest absolute Gasteiger partial charge is 0.477 e. The Kier molecular flexibility index (Phi) is 4.61. The molecule has 7 heteroatoms. The second kappa shape index (κ2) is 5.97. The van der Waals surface area contributed by atoms with Crippen molar-refractivity contribution in [2.75, 3.05) is 32.1 Å². The zero-order valence-electron chi connectivity index (χ0n) is 10.2. The van der Waals surface area contributed by atoms with Crippen LogP contribution in [0.2, 0.25) is 0 Å². The lowest BCUT2D eigenvalue weighted by Crippen LogP contribution is -2.27. The lowest BCUT2D eigenvalue weighted by atomic mass is 10.1. The van der Waals surface area contributed by atoms with Crippen molar-refractivity contribution >= 4 is 17.3 Å². The van der Waals surface area contributed by atoms with Crippen LogP contribution in [0.1, 0.15) is 10.4 Å². The summed E-state index contributed by atoms with van der Waals surface area (Å²) in [6.07, 6.45) is 0. The van der Waals surface area contributed by atoms with Crippen molar-refractivity contribution in [2.45, 2.75) is 0 Å². The Morgan fingerprint density at radius 3 is 2.72 bits per heavy atom. The Morgan fingerprint density at radius 1 is 1.56 bits per heavy atom. The van der Waals surface area contributed by atoms with Gasteiger partial charge in [0.25, 0.3) is 5.69 Å². The van der Waals surface area contributed by atoms with E-state index in [-0.39, 0.29) is 5.56 Å². The van der Waals surface area contributed by atoms with Crippen LogP contribution in [0.3, 0.4) is 0 Å². The lowest BCUT2D eigenvalue weighted by molar-refractivity contribution is -0.385. The quantitative estimate of drug-likeness (QED) is 0.579. The molecule has 0 radical (unpaired) electrons. The van der Waals surface area contributed by atoms with Crippen molar-refractivity contribution in [1.82, 2.24) is 5.32 Å². The van der Waals surface area contributed by atoms with Crippen molar-refractivity contribution < 1.29 is 14.8 Å². The van der Waals surface area contributed by atoms with Crippen molar-refractivity contribution in [3.63, 3.8) is 0 Å². The summed E-state index contributed by atoms with van der Waals surface area (Å²) in [5.41, 5.74) is -0.0599. The summed E-state index contributed by atoms with van der Waals surface area (Å²) in [4.78, 5) is 22.8. The molecule has 2 N–H and O–H groups in total. The third-order valence-corrected chi connectivity index (χ3v) is 2.55. The summed E-state index contributed by atoms with van der Waals surface area (Å²) in [6.45, 7) is 1.41. The number of aromatic carboxylic acids is 1. The summed E-state index contributed by atoms with van der Waals surface area (Å²) in [7, 11) is 3.61. The van der Waals surface area contributed by atoms with E-state index < -0.39 is 16.6 Å². The van der Waals surface area contributed by atoms with Gasteiger partial charge in [-0.1, -0.05) is 0 Å². The van der Waals surface area contributed by atoms with E-state index >= 15 is 0 Å². The van der Waals surface area contributed by atoms with Gasteiger partial charge >= 0.3 is 5.97 Å². The minimum atomic E-state index is -1.30. The third-order valence-electron chi connectivity index (χ3n) is 2.55. The summed E-state index contributed by atoms with van der Waals surface area (Å²) in [6, 6.07) is 4.07. The molecule has 1 aromatic carbocycles. The van der Waals surface area contributed by atoms with Gasteiger partial charge in [0.05, 0.1) is 4.92 Å². The number of nitro benzene ring substituents is 1. The average molecular weight is 253 g/mol.